The van der Waals surface area contributed by atoms with Crippen molar-refractivity contribution in [1.82, 2.24) is 14.8 Å². The summed E-state index contributed by atoms with van der Waals surface area (Å²) < 4.78 is 2.30. The van der Waals surface area contributed by atoms with Gasteiger partial charge in [-0.1, -0.05) is 42.4 Å². The van der Waals surface area contributed by atoms with Gasteiger partial charge in [0.25, 0.3) is 0 Å². The smallest absolute Gasteiger partial charge is 0.191 e. The Bertz CT molecular complexity index is 883. The molecule has 0 saturated heterocycles. The molecule has 0 spiro atoms. The second-order valence-corrected chi connectivity index (χ2v) is 8.97. The molecule has 2 aromatic heterocycles. The zero-order chi connectivity index (χ0) is 17.9. The number of rotatable bonds is 6. The number of benzene rings is 1. The third-order valence-corrected chi connectivity index (χ3v) is 7.13. The molecule has 1 aliphatic rings. The molecule has 26 heavy (non-hydrogen) atoms. The Morgan fingerprint density at radius 1 is 1.15 bits per heavy atom. The highest BCUT2D eigenvalue weighted by molar-refractivity contribution is 7.98. The summed E-state index contributed by atoms with van der Waals surface area (Å²) in [7, 11) is 0. The molecule has 2 heterocycles. The first-order chi connectivity index (χ1) is 12.8. The van der Waals surface area contributed by atoms with Gasteiger partial charge in [0.05, 0.1) is 0 Å². The van der Waals surface area contributed by atoms with Crippen LogP contribution in [-0.2, 0) is 25.1 Å². The molecule has 6 heteroatoms. The average molecular weight is 404 g/mol. The fraction of sp³-hybridized carbons (Fsp3) is 0.400. The van der Waals surface area contributed by atoms with Gasteiger partial charge in [-0.25, -0.2) is 0 Å². The van der Waals surface area contributed by atoms with E-state index in [0.717, 1.165) is 34.7 Å². The highest BCUT2D eigenvalue weighted by Gasteiger charge is 2.22. The van der Waals surface area contributed by atoms with Crippen LogP contribution in [0.1, 0.15) is 42.2 Å². The maximum atomic E-state index is 5.98. The number of thioether (sulfide) groups is 1. The van der Waals surface area contributed by atoms with E-state index in [4.69, 9.17) is 11.6 Å². The van der Waals surface area contributed by atoms with Crippen LogP contribution in [0, 0.1) is 0 Å². The third kappa shape index (κ3) is 3.71. The largest absolute Gasteiger partial charge is 0.302 e. The Kier molecular flexibility index (Phi) is 5.67. The molecule has 0 N–H and O–H groups in total. The van der Waals surface area contributed by atoms with Crippen LogP contribution in [0.3, 0.4) is 0 Å². The molecule has 3 aromatic rings. The molecule has 0 aliphatic heterocycles. The van der Waals surface area contributed by atoms with Gasteiger partial charge in [0, 0.05) is 33.1 Å². The van der Waals surface area contributed by atoms with Gasteiger partial charge in [0.1, 0.15) is 0 Å². The van der Waals surface area contributed by atoms with Crippen molar-refractivity contribution in [2.24, 2.45) is 0 Å². The first-order valence-electron chi connectivity index (χ1n) is 9.16. The van der Waals surface area contributed by atoms with Crippen molar-refractivity contribution in [3.05, 3.63) is 50.7 Å². The van der Waals surface area contributed by atoms with Crippen LogP contribution in [0.4, 0.5) is 0 Å². The topological polar surface area (TPSA) is 30.7 Å². The Balaban J connectivity index is 1.60. The lowest BCUT2D eigenvalue weighted by Gasteiger charge is -2.13. The van der Waals surface area contributed by atoms with E-state index >= 15 is 0 Å². The number of hydrogen-bond donors (Lipinski definition) is 0. The van der Waals surface area contributed by atoms with Crippen molar-refractivity contribution >= 4 is 34.7 Å². The summed E-state index contributed by atoms with van der Waals surface area (Å²) in [4.78, 5) is 1.55. The predicted octanol–water partition coefficient (Wildman–Crippen LogP) is 6.24. The van der Waals surface area contributed by atoms with E-state index in [-0.39, 0.29) is 0 Å². The lowest BCUT2D eigenvalue weighted by molar-refractivity contribution is 0.625. The van der Waals surface area contributed by atoms with Gasteiger partial charge < -0.3 is 4.57 Å². The van der Waals surface area contributed by atoms with Crippen molar-refractivity contribution < 1.29 is 0 Å². The van der Waals surface area contributed by atoms with Gasteiger partial charge in [-0.15, -0.1) is 21.5 Å². The fourth-order valence-electron chi connectivity index (χ4n) is 3.43. The summed E-state index contributed by atoms with van der Waals surface area (Å²) >= 11 is 9.63. The van der Waals surface area contributed by atoms with Gasteiger partial charge >= 0.3 is 0 Å². The Morgan fingerprint density at radius 3 is 2.77 bits per heavy atom. The fourth-order valence-corrected chi connectivity index (χ4v) is 5.60. The van der Waals surface area contributed by atoms with E-state index in [2.05, 4.69) is 39.2 Å². The Morgan fingerprint density at radius 2 is 1.96 bits per heavy atom. The highest BCUT2D eigenvalue weighted by Crippen LogP contribution is 2.37. The summed E-state index contributed by atoms with van der Waals surface area (Å²) in [6, 6.07) is 8.03. The predicted molar refractivity (Wildman–Crippen MR) is 111 cm³/mol. The second kappa shape index (κ2) is 8.15. The van der Waals surface area contributed by atoms with Crippen molar-refractivity contribution in [3.8, 4) is 11.4 Å². The molecule has 136 valence electrons. The maximum absolute atomic E-state index is 5.98. The third-order valence-electron chi connectivity index (χ3n) is 4.75. The molecule has 0 bridgehead atoms. The molecule has 0 saturated carbocycles. The summed E-state index contributed by atoms with van der Waals surface area (Å²) in [6.45, 7) is 3.16. The van der Waals surface area contributed by atoms with Crippen molar-refractivity contribution in [3.63, 3.8) is 0 Å². The van der Waals surface area contributed by atoms with Crippen molar-refractivity contribution in [2.75, 3.05) is 0 Å². The summed E-state index contributed by atoms with van der Waals surface area (Å²) in [6.07, 6.45) is 6.08. The van der Waals surface area contributed by atoms with Gasteiger partial charge in [-0.3, -0.25) is 0 Å². The van der Waals surface area contributed by atoms with E-state index in [1.807, 2.05) is 23.5 Å². The van der Waals surface area contributed by atoms with Crippen LogP contribution in [-0.4, -0.2) is 14.8 Å². The first-order valence-corrected chi connectivity index (χ1v) is 11.4. The quantitative estimate of drug-likeness (QED) is 0.456. The summed E-state index contributed by atoms with van der Waals surface area (Å²) in [5, 5.41) is 13.2. The minimum absolute atomic E-state index is 0.775. The number of halogens is 1. The Hall–Kier alpha value is -1.30. The van der Waals surface area contributed by atoms with Gasteiger partial charge in [0.15, 0.2) is 11.0 Å². The van der Waals surface area contributed by atoms with Crippen LogP contribution in [0.5, 0.6) is 0 Å². The lowest BCUT2D eigenvalue weighted by Crippen LogP contribution is -2.05. The van der Waals surface area contributed by atoms with E-state index in [0.29, 0.717) is 0 Å². The normalized spacial score (nSPS) is 13.8. The van der Waals surface area contributed by atoms with Crippen molar-refractivity contribution in [2.45, 2.75) is 56.5 Å². The monoisotopic (exact) mass is 403 g/mol. The lowest BCUT2D eigenvalue weighted by atomic mass is 9.95. The summed E-state index contributed by atoms with van der Waals surface area (Å²) in [5.41, 5.74) is 4.07. The molecular weight excluding hydrogens is 382 g/mol. The van der Waals surface area contributed by atoms with E-state index in [1.165, 1.54) is 42.4 Å². The average Bonchev–Trinajstić information content (AvgIpc) is 3.25. The number of fused-ring (bicyclic) bond motifs is 1. The molecule has 0 fully saturated rings. The van der Waals surface area contributed by atoms with Gasteiger partial charge in [-0.05, 0) is 55.4 Å². The van der Waals surface area contributed by atoms with Crippen LogP contribution in [0.2, 0.25) is 5.02 Å². The molecule has 1 aromatic carbocycles. The molecule has 0 amide bonds. The number of aromatic nitrogens is 3. The SMILES string of the molecule is CCCn1c(SCc2ccc(Cl)cc2)nnc1-c1csc2c1CCCC2. The minimum atomic E-state index is 0.775. The standard InChI is InChI=1S/C20H22ClN3S2/c1-2-11-24-19(17-13-25-18-6-4-3-5-16(17)18)22-23-20(24)26-12-14-7-9-15(21)10-8-14/h7-10,13H,2-6,11-12H2,1H3. The Labute approximate surface area is 167 Å². The zero-order valence-electron chi connectivity index (χ0n) is 14.9. The van der Waals surface area contributed by atoms with E-state index < -0.39 is 0 Å². The van der Waals surface area contributed by atoms with Gasteiger partial charge in [-0.2, -0.15) is 0 Å². The zero-order valence-corrected chi connectivity index (χ0v) is 17.3. The first kappa shape index (κ1) is 18.1. The van der Waals surface area contributed by atoms with Crippen molar-refractivity contribution in [1.29, 1.82) is 0 Å². The molecule has 4 rings (SSSR count). The van der Waals surface area contributed by atoms with Crippen LogP contribution >= 0.6 is 34.7 Å². The second-order valence-electron chi connectivity index (χ2n) is 6.63. The van der Waals surface area contributed by atoms with E-state index in [1.54, 1.807) is 16.6 Å². The van der Waals surface area contributed by atoms with Crippen LogP contribution in [0.15, 0.2) is 34.8 Å². The maximum Gasteiger partial charge on any atom is 0.191 e. The summed E-state index contributed by atoms with van der Waals surface area (Å²) in [5.74, 6) is 1.92. The number of hydrogen-bond acceptors (Lipinski definition) is 4. The van der Waals surface area contributed by atoms with Crippen LogP contribution in [0.25, 0.3) is 11.4 Å². The van der Waals surface area contributed by atoms with E-state index in [9.17, 15) is 0 Å². The molecule has 0 atom stereocenters. The highest BCUT2D eigenvalue weighted by atomic mass is 35.5. The van der Waals surface area contributed by atoms with Gasteiger partial charge in [0.2, 0.25) is 0 Å². The number of thiophene rings is 1. The molecule has 0 unspecified atom stereocenters. The number of aryl methyl sites for hydroxylation is 1. The molecule has 1 aliphatic carbocycles. The minimum Gasteiger partial charge on any atom is -0.302 e. The molecule has 0 radical (unpaired) electrons. The van der Waals surface area contributed by atoms with Crippen LogP contribution < -0.4 is 0 Å². The molecule has 3 nitrogen and oxygen atoms in total. The number of nitrogens with zero attached hydrogens (tertiary/aromatic N) is 3. The molecular formula is C20H22ClN3S2.